The Morgan fingerprint density at radius 2 is 1.40 bits per heavy atom. The van der Waals surface area contributed by atoms with E-state index in [1.807, 2.05) is 0 Å². The van der Waals surface area contributed by atoms with Gasteiger partial charge in [-0.15, -0.1) is 0 Å². The predicted molar refractivity (Wildman–Crippen MR) is 115 cm³/mol. The summed E-state index contributed by atoms with van der Waals surface area (Å²) in [5, 5.41) is 0. The molecule has 0 atom stereocenters. The third kappa shape index (κ3) is 5.36. The fraction of sp³-hybridized carbons (Fsp3) is 0.692. The zero-order valence-corrected chi connectivity index (χ0v) is 18.5. The monoisotopic (exact) mass is 418 g/mol. The number of ketones is 2. The summed E-state index contributed by atoms with van der Waals surface area (Å²) in [5.74, 6) is -1.59. The first-order valence-corrected chi connectivity index (χ1v) is 11.9. The molecule has 0 spiro atoms. The fourth-order valence-corrected chi connectivity index (χ4v) is 5.44. The highest BCUT2D eigenvalue weighted by Crippen LogP contribution is 2.39. The molecule has 0 heterocycles. The minimum absolute atomic E-state index is 0.0715. The van der Waals surface area contributed by atoms with Crippen molar-refractivity contribution in [1.29, 1.82) is 0 Å². The summed E-state index contributed by atoms with van der Waals surface area (Å²) in [7, 11) is 0. The summed E-state index contributed by atoms with van der Waals surface area (Å²) in [6.45, 7) is 3.77. The van der Waals surface area contributed by atoms with Crippen LogP contribution in [0.2, 0.25) is 0 Å². The minimum Gasteiger partial charge on any atom is -0.291 e. The molecule has 0 saturated heterocycles. The van der Waals surface area contributed by atoms with Crippen LogP contribution >= 0.6 is 0 Å². The smallest absolute Gasteiger partial charge is 0.201 e. The molecular weight excluding hydrogens is 382 g/mol. The number of rotatable bonds is 8. The van der Waals surface area contributed by atoms with Crippen molar-refractivity contribution in [2.75, 3.05) is 0 Å². The van der Waals surface area contributed by atoms with Gasteiger partial charge < -0.3 is 0 Å². The van der Waals surface area contributed by atoms with Crippen molar-refractivity contribution in [3.63, 3.8) is 0 Å². The Hall–Kier alpha value is -1.58. The van der Waals surface area contributed by atoms with Crippen molar-refractivity contribution in [1.82, 2.24) is 0 Å². The lowest BCUT2D eigenvalue weighted by molar-refractivity contribution is -0.142. The van der Waals surface area contributed by atoms with Crippen molar-refractivity contribution in [3.05, 3.63) is 34.9 Å². The van der Waals surface area contributed by atoms with Gasteiger partial charge in [0.05, 0.1) is 0 Å². The number of halogens is 2. The van der Waals surface area contributed by atoms with E-state index in [0.717, 1.165) is 31.6 Å². The van der Waals surface area contributed by atoms with Crippen LogP contribution in [0.5, 0.6) is 0 Å². The van der Waals surface area contributed by atoms with Crippen molar-refractivity contribution >= 4 is 11.6 Å². The van der Waals surface area contributed by atoms with E-state index < -0.39 is 11.6 Å². The van der Waals surface area contributed by atoms with E-state index >= 15 is 0 Å². The summed E-state index contributed by atoms with van der Waals surface area (Å²) >= 11 is 0. The largest absolute Gasteiger partial charge is 0.291 e. The van der Waals surface area contributed by atoms with Crippen LogP contribution in [0.25, 0.3) is 0 Å². The Morgan fingerprint density at radius 3 is 1.97 bits per heavy atom. The highest BCUT2D eigenvalue weighted by molar-refractivity contribution is 6.38. The van der Waals surface area contributed by atoms with Crippen molar-refractivity contribution in [2.45, 2.75) is 96.8 Å². The molecule has 2 saturated carbocycles. The Kier molecular flexibility index (Phi) is 8.19. The molecular formula is C26H36F2O2. The topological polar surface area (TPSA) is 34.1 Å². The molecule has 2 nitrogen and oxygen atoms in total. The fourth-order valence-electron chi connectivity index (χ4n) is 5.44. The molecule has 0 unspecified atom stereocenters. The molecule has 0 amide bonds. The van der Waals surface area contributed by atoms with E-state index in [0.29, 0.717) is 36.8 Å². The van der Waals surface area contributed by atoms with Gasteiger partial charge in [-0.05, 0) is 81.3 Å². The summed E-state index contributed by atoms with van der Waals surface area (Å²) in [6.07, 6.45) is 11.3. The number of Topliss-reactive ketones (excluding diaryl/α,β-unsaturated/α-hetero) is 2. The second-order valence-electron chi connectivity index (χ2n) is 9.59. The van der Waals surface area contributed by atoms with E-state index in [2.05, 4.69) is 6.92 Å². The van der Waals surface area contributed by atoms with E-state index in [-0.39, 0.29) is 29.3 Å². The van der Waals surface area contributed by atoms with Crippen molar-refractivity contribution in [2.24, 2.45) is 17.8 Å². The Labute approximate surface area is 179 Å². The molecule has 1 aromatic rings. The van der Waals surface area contributed by atoms with Crippen LogP contribution in [0.4, 0.5) is 8.78 Å². The first-order chi connectivity index (χ1) is 14.4. The normalized spacial score (nSPS) is 27.1. The molecule has 3 rings (SSSR count). The maximum atomic E-state index is 14.3. The van der Waals surface area contributed by atoms with Crippen LogP contribution in [0.15, 0.2) is 12.1 Å². The van der Waals surface area contributed by atoms with Gasteiger partial charge >= 0.3 is 0 Å². The average molecular weight is 419 g/mol. The van der Waals surface area contributed by atoms with Gasteiger partial charge in [-0.2, -0.15) is 0 Å². The Morgan fingerprint density at radius 1 is 0.833 bits per heavy atom. The molecule has 2 aliphatic rings. The van der Waals surface area contributed by atoms with Crippen LogP contribution in [0.1, 0.15) is 101 Å². The predicted octanol–water partition coefficient (Wildman–Crippen LogP) is 7.07. The quantitative estimate of drug-likeness (QED) is 0.334. The number of hydrogen-bond donors (Lipinski definition) is 0. The SMILES string of the molecule is CCCCCC1CCC(C(=O)C(=O)C2CCC(c3ccc(C)c(F)c3F)CC2)CC1. The molecule has 0 N–H and O–H groups in total. The first kappa shape index (κ1) is 23.1. The summed E-state index contributed by atoms with van der Waals surface area (Å²) < 4.78 is 28.2. The van der Waals surface area contributed by atoms with Gasteiger partial charge in [0, 0.05) is 11.8 Å². The second kappa shape index (κ2) is 10.6. The van der Waals surface area contributed by atoms with Gasteiger partial charge in [-0.25, -0.2) is 8.78 Å². The van der Waals surface area contributed by atoms with Crippen LogP contribution in [0, 0.1) is 36.3 Å². The lowest BCUT2D eigenvalue weighted by Crippen LogP contribution is -2.34. The number of aryl methyl sites for hydroxylation is 1. The van der Waals surface area contributed by atoms with Gasteiger partial charge in [-0.1, -0.05) is 44.7 Å². The molecule has 166 valence electrons. The maximum Gasteiger partial charge on any atom is 0.201 e. The minimum atomic E-state index is -0.772. The van der Waals surface area contributed by atoms with E-state index in [9.17, 15) is 18.4 Å². The van der Waals surface area contributed by atoms with Gasteiger partial charge in [0.2, 0.25) is 11.6 Å². The molecule has 0 bridgehead atoms. The first-order valence-electron chi connectivity index (χ1n) is 11.9. The number of unbranched alkanes of at least 4 members (excludes halogenated alkanes) is 2. The van der Waals surface area contributed by atoms with Gasteiger partial charge in [0.25, 0.3) is 0 Å². The third-order valence-electron chi connectivity index (χ3n) is 7.52. The molecule has 0 aromatic heterocycles. The van der Waals surface area contributed by atoms with Crippen LogP contribution in [-0.4, -0.2) is 11.6 Å². The zero-order valence-electron chi connectivity index (χ0n) is 18.5. The van der Waals surface area contributed by atoms with E-state index in [1.165, 1.54) is 25.7 Å². The van der Waals surface area contributed by atoms with E-state index in [1.54, 1.807) is 19.1 Å². The Balaban J connectivity index is 1.48. The zero-order chi connectivity index (χ0) is 21.7. The molecule has 2 aliphatic carbocycles. The highest BCUT2D eigenvalue weighted by Gasteiger charge is 2.36. The third-order valence-corrected chi connectivity index (χ3v) is 7.52. The van der Waals surface area contributed by atoms with Crippen LogP contribution in [0.3, 0.4) is 0 Å². The summed E-state index contributed by atoms with van der Waals surface area (Å²) in [5.41, 5.74) is 0.725. The van der Waals surface area contributed by atoms with E-state index in [4.69, 9.17) is 0 Å². The maximum absolute atomic E-state index is 14.3. The van der Waals surface area contributed by atoms with Crippen LogP contribution < -0.4 is 0 Å². The molecule has 0 radical (unpaired) electrons. The summed E-state index contributed by atoms with van der Waals surface area (Å²) in [4.78, 5) is 25.6. The molecule has 2 fully saturated rings. The average Bonchev–Trinajstić information content (AvgIpc) is 2.77. The van der Waals surface area contributed by atoms with Crippen molar-refractivity contribution in [3.8, 4) is 0 Å². The molecule has 4 heteroatoms. The second-order valence-corrected chi connectivity index (χ2v) is 9.59. The lowest BCUT2D eigenvalue weighted by Gasteiger charge is -2.31. The highest BCUT2D eigenvalue weighted by atomic mass is 19.2. The number of benzene rings is 1. The number of hydrogen-bond acceptors (Lipinski definition) is 2. The lowest BCUT2D eigenvalue weighted by atomic mass is 9.72. The van der Waals surface area contributed by atoms with Gasteiger partial charge in [0.15, 0.2) is 11.6 Å². The van der Waals surface area contributed by atoms with Crippen molar-refractivity contribution < 1.29 is 18.4 Å². The Bertz CT molecular complexity index is 742. The molecule has 30 heavy (non-hydrogen) atoms. The summed E-state index contributed by atoms with van der Waals surface area (Å²) in [6, 6.07) is 3.29. The number of carbonyl (C=O) groups is 2. The van der Waals surface area contributed by atoms with Crippen LogP contribution in [-0.2, 0) is 9.59 Å². The standard InChI is InChI=1S/C26H36F2O2/c1-3-4-5-6-18-8-10-20(11-9-18)25(29)26(30)21-14-12-19(13-15-21)22-16-7-17(2)23(27)24(22)28/h7,16,18-21H,3-6,8-15H2,1-2H3. The molecule has 0 aliphatic heterocycles. The number of carbonyl (C=O) groups excluding carboxylic acids is 2. The molecule has 1 aromatic carbocycles. The van der Waals surface area contributed by atoms with Gasteiger partial charge in [-0.3, -0.25) is 9.59 Å². The van der Waals surface area contributed by atoms with Gasteiger partial charge in [0.1, 0.15) is 0 Å².